The van der Waals surface area contributed by atoms with Gasteiger partial charge in [0.25, 0.3) is 0 Å². The molecule has 248 valence electrons. The van der Waals surface area contributed by atoms with Crippen LogP contribution >= 0.6 is 66.3 Å². The molecular formula is C30H38Br2N2O8S3. The van der Waals surface area contributed by atoms with Crippen LogP contribution in [0.25, 0.3) is 31.9 Å². The molecule has 0 N–H and O–H groups in total. The molecule has 3 heterocycles. The molecule has 0 bridgehead atoms. The number of aromatic nitrogens is 2. The summed E-state index contributed by atoms with van der Waals surface area (Å²) in [5.41, 5.74) is 3.57. The minimum atomic E-state index is 0.417. The Bertz CT molecular complexity index is 1320. The minimum Gasteiger partial charge on any atom is -0.490 e. The summed E-state index contributed by atoms with van der Waals surface area (Å²) in [6.45, 7) is 11.5. The molecule has 4 aromatic rings. The molecule has 0 amide bonds. The van der Waals surface area contributed by atoms with Crippen LogP contribution in [0.1, 0.15) is 13.8 Å². The molecule has 0 atom stereocenters. The number of rotatable bonds is 24. The molecule has 45 heavy (non-hydrogen) atoms. The van der Waals surface area contributed by atoms with E-state index in [4.69, 9.17) is 37.9 Å². The van der Waals surface area contributed by atoms with Crippen LogP contribution in [0.4, 0.5) is 0 Å². The van der Waals surface area contributed by atoms with Crippen LogP contribution in [0.3, 0.4) is 0 Å². The van der Waals surface area contributed by atoms with Gasteiger partial charge in [0, 0.05) is 36.5 Å². The van der Waals surface area contributed by atoms with E-state index in [1.165, 1.54) is 11.7 Å². The maximum absolute atomic E-state index is 6.14. The third kappa shape index (κ3) is 11.7. The Hall–Kier alpha value is -1.24. The van der Waals surface area contributed by atoms with Gasteiger partial charge in [0.05, 0.1) is 95.1 Å². The molecular weight excluding hydrogens is 772 g/mol. The first-order chi connectivity index (χ1) is 22.1. The molecule has 0 saturated carbocycles. The van der Waals surface area contributed by atoms with Gasteiger partial charge in [-0.1, -0.05) is 12.1 Å². The number of benzene rings is 1. The average molecular weight is 811 g/mol. The lowest BCUT2D eigenvalue weighted by Gasteiger charge is -2.11. The molecule has 0 aliphatic heterocycles. The molecule has 0 radical (unpaired) electrons. The van der Waals surface area contributed by atoms with E-state index in [1.54, 1.807) is 22.7 Å². The molecule has 0 unspecified atom stereocenters. The minimum absolute atomic E-state index is 0.417. The molecule has 0 fully saturated rings. The van der Waals surface area contributed by atoms with E-state index in [0.29, 0.717) is 92.5 Å². The van der Waals surface area contributed by atoms with Crippen LogP contribution in [0.2, 0.25) is 0 Å². The molecule has 10 nitrogen and oxygen atoms in total. The highest BCUT2D eigenvalue weighted by molar-refractivity contribution is 9.11. The maximum atomic E-state index is 6.14. The van der Waals surface area contributed by atoms with Gasteiger partial charge in [0.1, 0.15) is 35.7 Å². The first kappa shape index (κ1) is 36.6. The summed E-state index contributed by atoms with van der Waals surface area (Å²) in [5.74, 6) is 1.54. The lowest BCUT2D eigenvalue weighted by atomic mass is 10.1. The highest BCUT2D eigenvalue weighted by Crippen LogP contribution is 2.47. The summed E-state index contributed by atoms with van der Waals surface area (Å²) in [6, 6.07) is 8.11. The SMILES string of the molecule is CCOCCOCCOCCOc1cc(Br)sc1-c1ccc(-c2sc(Br)cc2OCCOCCOCCOCC)c2nsnc12. The Morgan fingerprint density at radius 2 is 0.889 bits per heavy atom. The van der Waals surface area contributed by atoms with Gasteiger partial charge in [-0.05, 0) is 45.7 Å². The number of hydrogen-bond acceptors (Lipinski definition) is 13. The highest BCUT2D eigenvalue weighted by Gasteiger charge is 2.21. The summed E-state index contributed by atoms with van der Waals surface area (Å²) < 4.78 is 56.4. The van der Waals surface area contributed by atoms with Crippen molar-refractivity contribution < 1.29 is 37.9 Å². The Morgan fingerprint density at radius 1 is 0.533 bits per heavy atom. The van der Waals surface area contributed by atoms with Crippen LogP contribution in [0.5, 0.6) is 11.5 Å². The van der Waals surface area contributed by atoms with Crippen molar-refractivity contribution in [2.75, 3.05) is 92.5 Å². The molecule has 0 saturated heterocycles. The van der Waals surface area contributed by atoms with Crippen molar-refractivity contribution in [2.24, 2.45) is 0 Å². The zero-order valence-electron chi connectivity index (χ0n) is 25.3. The predicted octanol–water partition coefficient (Wildman–Crippen LogP) is 7.57. The molecule has 15 heteroatoms. The van der Waals surface area contributed by atoms with Gasteiger partial charge in [-0.3, -0.25) is 0 Å². The van der Waals surface area contributed by atoms with Crippen LogP contribution in [0.15, 0.2) is 31.8 Å². The van der Waals surface area contributed by atoms with Crippen LogP contribution in [-0.4, -0.2) is 101 Å². The number of fused-ring (bicyclic) bond motifs is 1. The number of halogens is 2. The van der Waals surface area contributed by atoms with Gasteiger partial charge in [-0.2, -0.15) is 8.75 Å². The van der Waals surface area contributed by atoms with Crippen molar-refractivity contribution in [1.82, 2.24) is 8.75 Å². The predicted molar refractivity (Wildman–Crippen MR) is 187 cm³/mol. The second-order valence-electron chi connectivity index (χ2n) is 9.15. The summed E-state index contributed by atoms with van der Waals surface area (Å²) in [6.07, 6.45) is 0. The van der Waals surface area contributed by atoms with E-state index in [1.807, 2.05) is 26.0 Å². The van der Waals surface area contributed by atoms with Crippen molar-refractivity contribution in [1.29, 1.82) is 0 Å². The number of ether oxygens (including phenoxy) is 8. The van der Waals surface area contributed by atoms with Crippen LogP contribution in [-0.2, 0) is 28.4 Å². The Balaban J connectivity index is 1.33. The van der Waals surface area contributed by atoms with Crippen LogP contribution in [0, 0.1) is 0 Å². The van der Waals surface area contributed by atoms with E-state index in [2.05, 4.69) is 52.7 Å². The fraction of sp³-hybridized carbons (Fsp3) is 0.533. The second-order valence-corrected chi connectivity index (χ2v) is 14.5. The topological polar surface area (TPSA) is 99.6 Å². The molecule has 3 aromatic heterocycles. The maximum Gasteiger partial charge on any atom is 0.139 e. The number of nitrogens with zero attached hydrogens (tertiary/aromatic N) is 2. The lowest BCUT2D eigenvalue weighted by molar-refractivity contribution is 0.0114. The van der Waals surface area contributed by atoms with E-state index >= 15 is 0 Å². The van der Waals surface area contributed by atoms with Gasteiger partial charge >= 0.3 is 0 Å². The monoisotopic (exact) mass is 808 g/mol. The first-order valence-electron chi connectivity index (χ1n) is 14.7. The van der Waals surface area contributed by atoms with Crippen molar-refractivity contribution in [3.63, 3.8) is 0 Å². The van der Waals surface area contributed by atoms with Crippen molar-refractivity contribution in [3.05, 3.63) is 31.8 Å². The summed E-state index contributed by atoms with van der Waals surface area (Å²) in [4.78, 5) is 1.96. The fourth-order valence-corrected chi connectivity index (χ4v) is 7.77. The third-order valence-corrected chi connectivity index (χ3v) is 9.94. The molecule has 4 rings (SSSR count). The standard InChI is InChI=1S/C30H38Br2N2O8S3/c1-3-35-7-9-37-11-13-39-15-17-41-23-19-25(31)43-29(23)21-5-6-22(28-27(21)33-45-34-28)30-24(20-26(32)44-30)42-18-16-40-14-12-38-10-8-36-4-2/h5-6,19-20H,3-4,7-18H2,1-2H3. The van der Waals surface area contributed by atoms with E-state index in [-0.39, 0.29) is 0 Å². The van der Waals surface area contributed by atoms with Crippen molar-refractivity contribution >= 4 is 77.3 Å². The van der Waals surface area contributed by atoms with Gasteiger partial charge in [0.2, 0.25) is 0 Å². The van der Waals surface area contributed by atoms with Crippen molar-refractivity contribution in [3.8, 4) is 32.4 Å². The van der Waals surface area contributed by atoms with Crippen molar-refractivity contribution in [2.45, 2.75) is 13.8 Å². The van der Waals surface area contributed by atoms with E-state index < -0.39 is 0 Å². The Morgan fingerprint density at radius 3 is 1.27 bits per heavy atom. The number of thiophene rings is 2. The summed E-state index contributed by atoms with van der Waals surface area (Å²) in [5, 5.41) is 0. The zero-order valence-corrected chi connectivity index (χ0v) is 31.0. The van der Waals surface area contributed by atoms with Gasteiger partial charge < -0.3 is 37.9 Å². The summed E-state index contributed by atoms with van der Waals surface area (Å²) >= 11 is 11.6. The molecule has 0 aliphatic carbocycles. The quantitative estimate of drug-likeness (QED) is 0.0660. The van der Waals surface area contributed by atoms with Gasteiger partial charge in [0.15, 0.2) is 0 Å². The summed E-state index contributed by atoms with van der Waals surface area (Å²) in [7, 11) is 0. The second kappa shape index (κ2) is 20.9. The van der Waals surface area contributed by atoms with E-state index in [9.17, 15) is 0 Å². The van der Waals surface area contributed by atoms with Gasteiger partial charge in [-0.15, -0.1) is 22.7 Å². The number of hydrogen-bond donors (Lipinski definition) is 0. The highest BCUT2D eigenvalue weighted by atomic mass is 79.9. The molecule has 1 aromatic carbocycles. The van der Waals surface area contributed by atoms with Gasteiger partial charge in [-0.25, -0.2) is 0 Å². The lowest BCUT2D eigenvalue weighted by Crippen LogP contribution is -2.12. The first-order valence-corrected chi connectivity index (χ1v) is 18.6. The van der Waals surface area contributed by atoms with Crippen LogP contribution < -0.4 is 9.47 Å². The Labute approximate surface area is 292 Å². The average Bonchev–Trinajstić information content (AvgIpc) is 3.77. The smallest absolute Gasteiger partial charge is 0.139 e. The zero-order chi connectivity index (χ0) is 31.7. The molecule has 0 spiro atoms. The third-order valence-electron chi connectivity index (χ3n) is 6.11. The van der Waals surface area contributed by atoms with E-state index in [0.717, 1.165) is 51.0 Å². The largest absolute Gasteiger partial charge is 0.490 e. The molecule has 0 aliphatic rings. The fourth-order valence-electron chi connectivity index (χ4n) is 4.10. The normalized spacial score (nSPS) is 11.6. The Kier molecular flexibility index (Phi) is 17.0.